The van der Waals surface area contributed by atoms with E-state index in [0.717, 1.165) is 31.1 Å². The Bertz CT molecular complexity index is 897. The Morgan fingerprint density at radius 2 is 1.53 bits per heavy atom. The molecule has 6 aliphatic rings. The Labute approximate surface area is 196 Å². The summed E-state index contributed by atoms with van der Waals surface area (Å²) in [4.78, 5) is 13.3. The first-order valence-electron chi connectivity index (χ1n) is 13.8. The number of allylic oxidation sites excluding steroid dienone is 2. The summed E-state index contributed by atoms with van der Waals surface area (Å²) in [6.45, 7) is 17.5. The Kier molecular flexibility index (Phi) is 4.24. The number of hydrogen-bond acceptors (Lipinski definition) is 2. The highest BCUT2D eigenvalue weighted by atomic mass is 16.6. The van der Waals surface area contributed by atoms with E-state index in [9.17, 15) is 4.79 Å². The van der Waals surface area contributed by atoms with E-state index in [1.54, 1.807) is 0 Å². The van der Waals surface area contributed by atoms with E-state index in [1.807, 2.05) is 11.1 Å². The number of fused-ring (bicyclic) bond motifs is 4. The Morgan fingerprint density at radius 1 is 0.844 bits per heavy atom. The molecule has 5 aliphatic carbocycles. The molecule has 32 heavy (non-hydrogen) atoms. The fourth-order valence-electron chi connectivity index (χ4n) is 11.0. The highest BCUT2D eigenvalue weighted by Gasteiger charge is 2.73. The lowest BCUT2D eigenvalue weighted by atomic mass is 9.36. The molecule has 6 rings (SSSR count). The maximum absolute atomic E-state index is 13.3. The van der Waals surface area contributed by atoms with Crippen molar-refractivity contribution in [2.24, 2.45) is 50.7 Å². The van der Waals surface area contributed by atoms with E-state index in [0.29, 0.717) is 28.1 Å². The number of ether oxygens (including phenoxy) is 1. The third-order valence-electron chi connectivity index (χ3n) is 13.1. The second-order valence-electron chi connectivity index (χ2n) is 14.7. The molecule has 1 unspecified atom stereocenters. The van der Waals surface area contributed by atoms with E-state index in [2.05, 4.69) is 48.5 Å². The fourth-order valence-corrected chi connectivity index (χ4v) is 11.0. The van der Waals surface area contributed by atoms with Crippen molar-refractivity contribution in [3.05, 3.63) is 11.1 Å². The standard InChI is InChI=1S/C30H46O2/c1-18(2)19-8-9-20-21-10-11-22-23-24-26(3,4)12-16-30(23,25(31)32-24)17-15-29(22,7)28(21,6)14-13-27(19,20)5/h18-19,22-24H,8-17H2,1-7H3/t19?,22-,23+,24-,27-,28-,29-,30+/m1/s1. The minimum Gasteiger partial charge on any atom is -0.461 e. The summed E-state index contributed by atoms with van der Waals surface area (Å²) >= 11 is 0. The molecule has 1 aliphatic heterocycles. The molecule has 0 radical (unpaired) electrons. The van der Waals surface area contributed by atoms with Crippen LogP contribution >= 0.6 is 0 Å². The van der Waals surface area contributed by atoms with Crippen LogP contribution < -0.4 is 0 Å². The van der Waals surface area contributed by atoms with Crippen LogP contribution in [0.15, 0.2) is 11.1 Å². The Balaban J connectivity index is 1.44. The Morgan fingerprint density at radius 3 is 2.25 bits per heavy atom. The van der Waals surface area contributed by atoms with Gasteiger partial charge in [-0.15, -0.1) is 0 Å². The van der Waals surface area contributed by atoms with E-state index in [-0.39, 0.29) is 22.9 Å². The van der Waals surface area contributed by atoms with Crippen LogP contribution in [0, 0.1) is 50.7 Å². The molecule has 0 aromatic rings. The molecular weight excluding hydrogens is 392 g/mol. The average Bonchev–Trinajstić information content (AvgIpc) is 3.20. The molecule has 4 saturated carbocycles. The zero-order valence-electron chi connectivity index (χ0n) is 21.8. The van der Waals surface area contributed by atoms with Crippen molar-refractivity contribution in [3.63, 3.8) is 0 Å². The molecule has 0 aromatic carbocycles. The molecule has 2 heteroatoms. The molecule has 0 aromatic heterocycles. The lowest BCUT2D eigenvalue weighted by molar-refractivity contribution is -0.158. The lowest BCUT2D eigenvalue weighted by Crippen LogP contribution is -2.62. The maximum atomic E-state index is 13.3. The molecule has 8 atom stereocenters. The molecule has 0 spiro atoms. The van der Waals surface area contributed by atoms with Gasteiger partial charge >= 0.3 is 5.97 Å². The number of rotatable bonds is 1. The van der Waals surface area contributed by atoms with Crippen molar-refractivity contribution in [1.29, 1.82) is 0 Å². The molecule has 2 bridgehead atoms. The van der Waals surface area contributed by atoms with Crippen LogP contribution in [0.5, 0.6) is 0 Å². The van der Waals surface area contributed by atoms with Gasteiger partial charge in [-0.2, -0.15) is 0 Å². The monoisotopic (exact) mass is 438 g/mol. The van der Waals surface area contributed by atoms with Crippen LogP contribution in [-0.4, -0.2) is 12.1 Å². The van der Waals surface area contributed by atoms with Gasteiger partial charge in [-0.25, -0.2) is 0 Å². The van der Waals surface area contributed by atoms with Gasteiger partial charge in [0.05, 0.1) is 5.41 Å². The van der Waals surface area contributed by atoms with Crippen molar-refractivity contribution in [3.8, 4) is 0 Å². The van der Waals surface area contributed by atoms with Gasteiger partial charge in [0.1, 0.15) is 6.10 Å². The van der Waals surface area contributed by atoms with E-state index in [4.69, 9.17) is 4.74 Å². The molecule has 0 N–H and O–H groups in total. The number of esters is 1. The maximum Gasteiger partial charge on any atom is 0.312 e. The highest BCUT2D eigenvalue weighted by Crippen LogP contribution is 2.76. The third kappa shape index (κ3) is 2.27. The summed E-state index contributed by atoms with van der Waals surface area (Å²) in [6.07, 6.45) is 12.6. The average molecular weight is 439 g/mol. The molecule has 5 fully saturated rings. The zero-order chi connectivity index (χ0) is 22.9. The van der Waals surface area contributed by atoms with Crippen molar-refractivity contribution in [1.82, 2.24) is 0 Å². The molecule has 2 nitrogen and oxygen atoms in total. The SMILES string of the molecule is CC(C)C1CCC2=C3CC[C@@H]4[C@H]5[C@H]6OC(=O)[C@@]5(CCC6(C)C)CC[C@@]4(C)[C@]3(C)CC[C@@]21C. The number of carbonyl (C=O) groups is 1. The topological polar surface area (TPSA) is 26.3 Å². The van der Waals surface area contributed by atoms with Gasteiger partial charge in [0.2, 0.25) is 0 Å². The van der Waals surface area contributed by atoms with Gasteiger partial charge < -0.3 is 4.74 Å². The quantitative estimate of drug-likeness (QED) is 0.309. The van der Waals surface area contributed by atoms with Gasteiger partial charge in [0, 0.05) is 11.3 Å². The highest BCUT2D eigenvalue weighted by molar-refractivity contribution is 5.81. The summed E-state index contributed by atoms with van der Waals surface area (Å²) in [5.41, 5.74) is 4.76. The fraction of sp³-hybridized carbons (Fsp3) is 0.900. The predicted molar refractivity (Wildman–Crippen MR) is 129 cm³/mol. The second-order valence-corrected chi connectivity index (χ2v) is 14.7. The first-order valence-corrected chi connectivity index (χ1v) is 13.8. The van der Waals surface area contributed by atoms with Crippen molar-refractivity contribution in [2.45, 2.75) is 119 Å². The van der Waals surface area contributed by atoms with Crippen LogP contribution in [0.1, 0.15) is 113 Å². The van der Waals surface area contributed by atoms with Gasteiger partial charge in [0.15, 0.2) is 0 Å². The molecule has 1 heterocycles. The molecule has 178 valence electrons. The van der Waals surface area contributed by atoms with Gasteiger partial charge in [0.25, 0.3) is 0 Å². The van der Waals surface area contributed by atoms with Crippen molar-refractivity contribution >= 4 is 5.97 Å². The first kappa shape index (κ1) is 21.7. The summed E-state index contributed by atoms with van der Waals surface area (Å²) in [5, 5.41) is 0. The largest absolute Gasteiger partial charge is 0.461 e. The summed E-state index contributed by atoms with van der Waals surface area (Å²) in [7, 11) is 0. The van der Waals surface area contributed by atoms with Crippen LogP contribution in [0.2, 0.25) is 0 Å². The van der Waals surface area contributed by atoms with Crippen LogP contribution in [0.3, 0.4) is 0 Å². The minimum atomic E-state index is -0.162. The summed E-state index contributed by atoms with van der Waals surface area (Å²) < 4.78 is 6.28. The summed E-state index contributed by atoms with van der Waals surface area (Å²) in [6, 6.07) is 0. The molecule has 0 amide bonds. The number of carbonyl (C=O) groups excluding carboxylic acids is 1. The number of hydrogen-bond donors (Lipinski definition) is 0. The van der Waals surface area contributed by atoms with Crippen LogP contribution in [0.4, 0.5) is 0 Å². The molecular formula is C30H46O2. The van der Waals surface area contributed by atoms with E-state index in [1.165, 1.54) is 44.9 Å². The smallest absolute Gasteiger partial charge is 0.312 e. The third-order valence-corrected chi connectivity index (χ3v) is 13.1. The van der Waals surface area contributed by atoms with Crippen molar-refractivity contribution < 1.29 is 9.53 Å². The van der Waals surface area contributed by atoms with Gasteiger partial charge in [-0.3, -0.25) is 4.79 Å². The first-order chi connectivity index (χ1) is 14.9. The van der Waals surface area contributed by atoms with E-state index < -0.39 is 0 Å². The van der Waals surface area contributed by atoms with Gasteiger partial charge in [-0.1, -0.05) is 59.6 Å². The second kappa shape index (κ2) is 6.25. The van der Waals surface area contributed by atoms with Crippen LogP contribution in [0.25, 0.3) is 0 Å². The lowest BCUT2D eigenvalue weighted by Gasteiger charge is -2.66. The summed E-state index contributed by atoms with van der Waals surface area (Å²) in [5.74, 6) is 2.89. The molecule has 1 saturated heterocycles. The predicted octanol–water partition coefficient (Wildman–Crippen LogP) is 7.71. The zero-order valence-corrected chi connectivity index (χ0v) is 21.8. The minimum absolute atomic E-state index is 0.124. The van der Waals surface area contributed by atoms with E-state index >= 15 is 0 Å². The normalized spacial score (nSPS) is 53.4. The van der Waals surface area contributed by atoms with Crippen LogP contribution in [-0.2, 0) is 9.53 Å². The van der Waals surface area contributed by atoms with Gasteiger partial charge in [-0.05, 0) is 98.2 Å². The Hall–Kier alpha value is -0.790. The van der Waals surface area contributed by atoms with Crippen molar-refractivity contribution in [2.75, 3.05) is 0 Å².